The van der Waals surface area contributed by atoms with Gasteiger partial charge in [0.05, 0.1) is 12.8 Å². The molecule has 0 radical (unpaired) electrons. The molecule has 0 fully saturated rings. The van der Waals surface area contributed by atoms with Gasteiger partial charge in [-0.25, -0.2) is 4.68 Å². The monoisotopic (exact) mass is 238 g/mol. The van der Waals surface area contributed by atoms with Gasteiger partial charge >= 0.3 is 6.18 Å². The van der Waals surface area contributed by atoms with E-state index in [9.17, 15) is 18.0 Å². The first-order valence-electron chi connectivity index (χ1n) is 4.20. The standard InChI is InChI=1S/C7H9F3N4O2/c1-4(16)11-6(7(8,9)10)14-2-5(3-15)12-13-14/h2,6,15H,3H2,1H3,(H,11,16). The molecule has 90 valence electrons. The van der Waals surface area contributed by atoms with E-state index in [2.05, 4.69) is 10.3 Å². The molecule has 1 aromatic heterocycles. The van der Waals surface area contributed by atoms with Crippen molar-refractivity contribution in [2.24, 2.45) is 0 Å². The number of nitrogens with zero attached hydrogens (tertiary/aromatic N) is 3. The van der Waals surface area contributed by atoms with Crippen molar-refractivity contribution in [3.05, 3.63) is 11.9 Å². The van der Waals surface area contributed by atoms with E-state index in [0.717, 1.165) is 13.1 Å². The van der Waals surface area contributed by atoms with Crippen LogP contribution in [0.4, 0.5) is 13.2 Å². The van der Waals surface area contributed by atoms with E-state index in [1.54, 1.807) is 5.32 Å². The molecule has 1 heterocycles. The Hall–Kier alpha value is -1.64. The van der Waals surface area contributed by atoms with Crippen molar-refractivity contribution in [2.45, 2.75) is 25.9 Å². The second-order valence-corrected chi connectivity index (χ2v) is 2.99. The van der Waals surface area contributed by atoms with Crippen molar-refractivity contribution in [3.63, 3.8) is 0 Å². The summed E-state index contributed by atoms with van der Waals surface area (Å²) < 4.78 is 38.0. The maximum absolute atomic E-state index is 12.5. The van der Waals surface area contributed by atoms with Gasteiger partial charge in [-0.05, 0) is 0 Å². The summed E-state index contributed by atoms with van der Waals surface area (Å²) in [7, 11) is 0. The zero-order valence-electron chi connectivity index (χ0n) is 8.19. The first kappa shape index (κ1) is 12.4. The largest absolute Gasteiger partial charge is 0.429 e. The van der Waals surface area contributed by atoms with Crippen molar-refractivity contribution in [1.29, 1.82) is 0 Å². The molecule has 1 unspecified atom stereocenters. The molecule has 0 aromatic carbocycles. The van der Waals surface area contributed by atoms with Gasteiger partial charge < -0.3 is 10.4 Å². The molecule has 6 nitrogen and oxygen atoms in total. The van der Waals surface area contributed by atoms with Crippen LogP contribution in [-0.4, -0.2) is 32.2 Å². The third kappa shape index (κ3) is 2.92. The Balaban J connectivity index is 2.96. The molecule has 9 heteroatoms. The second-order valence-electron chi connectivity index (χ2n) is 2.99. The predicted molar refractivity (Wildman–Crippen MR) is 44.9 cm³/mol. The quantitative estimate of drug-likeness (QED) is 0.774. The molecule has 0 spiro atoms. The minimum atomic E-state index is -4.69. The molecule has 0 aliphatic carbocycles. The van der Waals surface area contributed by atoms with Gasteiger partial charge in [0.2, 0.25) is 12.1 Å². The number of aliphatic hydroxyl groups excluding tert-OH is 1. The first-order valence-corrected chi connectivity index (χ1v) is 4.20. The Morgan fingerprint density at radius 3 is 2.69 bits per heavy atom. The molecule has 0 aliphatic rings. The average Bonchev–Trinajstić information content (AvgIpc) is 2.60. The van der Waals surface area contributed by atoms with E-state index in [4.69, 9.17) is 5.11 Å². The smallest absolute Gasteiger partial charge is 0.390 e. The summed E-state index contributed by atoms with van der Waals surface area (Å²) in [6.07, 6.45) is -6.06. The summed E-state index contributed by atoms with van der Waals surface area (Å²) in [5.74, 6) is -0.844. The van der Waals surface area contributed by atoms with E-state index < -0.39 is 24.9 Å². The van der Waals surface area contributed by atoms with Crippen molar-refractivity contribution in [1.82, 2.24) is 20.3 Å². The van der Waals surface area contributed by atoms with Crippen LogP contribution in [0.1, 0.15) is 18.8 Å². The Labute approximate surface area is 88.1 Å². The van der Waals surface area contributed by atoms with Gasteiger partial charge in [-0.3, -0.25) is 4.79 Å². The SMILES string of the molecule is CC(=O)NC(n1cc(CO)nn1)C(F)(F)F. The van der Waals surface area contributed by atoms with Crippen LogP contribution in [0.5, 0.6) is 0 Å². The van der Waals surface area contributed by atoms with Crippen LogP contribution in [-0.2, 0) is 11.4 Å². The third-order valence-electron chi connectivity index (χ3n) is 1.63. The maximum atomic E-state index is 12.5. The summed E-state index contributed by atoms with van der Waals surface area (Å²) >= 11 is 0. The highest BCUT2D eigenvalue weighted by Gasteiger charge is 2.42. The van der Waals surface area contributed by atoms with Gasteiger partial charge in [0.25, 0.3) is 0 Å². The Morgan fingerprint density at radius 1 is 1.69 bits per heavy atom. The second kappa shape index (κ2) is 4.47. The summed E-state index contributed by atoms with van der Waals surface area (Å²) in [6.45, 7) is 0.438. The number of carbonyl (C=O) groups is 1. The lowest BCUT2D eigenvalue weighted by Gasteiger charge is -2.20. The Kier molecular flexibility index (Phi) is 3.48. The van der Waals surface area contributed by atoms with E-state index in [1.165, 1.54) is 0 Å². The van der Waals surface area contributed by atoms with E-state index in [-0.39, 0.29) is 5.69 Å². The van der Waals surface area contributed by atoms with Crippen molar-refractivity contribution >= 4 is 5.91 Å². The Bertz CT molecular complexity index is 376. The maximum Gasteiger partial charge on any atom is 0.429 e. The molecule has 0 bridgehead atoms. The minimum absolute atomic E-state index is 0.0143. The number of halogens is 3. The van der Waals surface area contributed by atoms with Gasteiger partial charge in [-0.1, -0.05) is 5.21 Å². The zero-order valence-corrected chi connectivity index (χ0v) is 8.19. The van der Waals surface area contributed by atoms with E-state index in [1.807, 2.05) is 0 Å². The lowest BCUT2D eigenvalue weighted by molar-refractivity contribution is -0.181. The van der Waals surface area contributed by atoms with Gasteiger partial charge in [-0.2, -0.15) is 13.2 Å². The highest BCUT2D eigenvalue weighted by Crippen LogP contribution is 2.27. The topological polar surface area (TPSA) is 80.0 Å². The number of aliphatic hydroxyl groups is 1. The van der Waals surface area contributed by atoms with Gasteiger partial charge in [0.15, 0.2) is 0 Å². The molecule has 1 atom stereocenters. The highest BCUT2D eigenvalue weighted by molar-refractivity contribution is 5.73. The molecular weight excluding hydrogens is 229 g/mol. The molecule has 1 rings (SSSR count). The number of hydrogen-bond acceptors (Lipinski definition) is 4. The number of aromatic nitrogens is 3. The fourth-order valence-corrected chi connectivity index (χ4v) is 1.00. The van der Waals surface area contributed by atoms with Crippen LogP contribution in [0.25, 0.3) is 0 Å². The van der Waals surface area contributed by atoms with Gasteiger partial charge in [0.1, 0.15) is 5.69 Å². The van der Waals surface area contributed by atoms with Gasteiger partial charge in [0, 0.05) is 6.92 Å². The lowest BCUT2D eigenvalue weighted by Crippen LogP contribution is -2.41. The molecule has 0 saturated heterocycles. The fourth-order valence-electron chi connectivity index (χ4n) is 1.00. The summed E-state index contributed by atoms with van der Waals surface area (Å²) in [5.41, 5.74) is -0.0143. The van der Waals surface area contributed by atoms with Crippen molar-refractivity contribution in [2.75, 3.05) is 0 Å². The number of carbonyl (C=O) groups excluding carboxylic acids is 1. The minimum Gasteiger partial charge on any atom is -0.390 e. The number of rotatable bonds is 3. The number of nitrogens with one attached hydrogen (secondary N) is 1. The highest BCUT2D eigenvalue weighted by atomic mass is 19.4. The normalized spacial score (nSPS) is 13.6. The summed E-state index contributed by atoms with van der Waals surface area (Å²) in [4.78, 5) is 10.6. The van der Waals surface area contributed by atoms with Crippen LogP contribution in [0.3, 0.4) is 0 Å². The summed E-state index contributed by atoms with van der Waals surface area (Å²) in [6, 6.07) is 0. The van der Waals surface area contributed by atoms with Crippen LogP contribution >= 0.6 is 0 Å². The molecule has 0 saturated carbocycles. The predicted octanol–water partition coefficient (Wildman–Crippen LogP) is -0.0326. The van der Waals surface area contributed by atoms with Crippen LogP contribution in [0, 0.1) is 0 Å². The summed E-state index contributed by atoms with van der Waals surface area (Å²) in [5, 5.41) is 16.8. The molecule has 16 heavy (non-hydrogen) atoms. The van der Waals surface area contributed by atoms with E-state index in [0.29, 0.717) is 4.68 Å². The van der Waals surface area contributed by atoms with Crippen LogP contribution in [0.15, 0.2) is 6.20 Å². The average molecular weight is 238 g/mol. The third-order valence-corrected chi connectivity index (χ3v) is 1.63. The molecule has 2 N–H and O–H groups in total. The Morgan fingerprint density at radius 2 is 2.31 bits per heavy atom. The molecule has 0 aliphatic heterocycles. The first-order chi connectivity index (χ1) is 7.34. The zero-order chi connectivity index (χ0) is 12.3. The van der Waals surface area contributed by atoms with Crippen molar-refractivity contribution < 1.29 is 23.1 Å². The lowest BCUT2D eigenvalue weighted by atomic mass is 10.4. The van der Waals surface area contributed by atoms with Crippen LogP contribution in [0.2, 0.25) is 0 Å². The molecule has 1 amide bonds. The molecular formula is C7H9F3N4O2. The molecule has 1 aromatic rings. The number of alkyl halides is 3. The van der Waals surface area contributed by atoms with E-state index >= 15 is 0 Å². The van der Waals surface area contributed by atoms with Gasteiger partial charge in [-0.15, -0.1) is 5.10 Å². The van der Waals surface area contributed by atoms with Crippen molar-refractivity contribution in [3.8, 4) is 0 Å². The number of amides is 1. The number of hydrogen-bond donors (Lipinski definition) is 2. The van der Waals surface area contributed by atoms with Crippen LogP contribution < -0.4 is 5.32 Å². The fraction of sp³-hybridized carbons (Fsp3) is 0.571.